The molecule has 0 unspecified atom stereocenters. The van der Waals surface area contributed by atoms with Crippen molar-refractivity contribution in [2.24, 2.45) is 0 Å². The lowest BCUT2D eigenvalue weighted by Crippen LogP contribution is -2.03. The first-order valence-electron chi connectivity index (χ1n) is 5.46. The summed E-state index contributed by atoms with van der Waals surface area (Å²) in [6.07, 6.45) is -0.431. The maximum absolute atomic E-state index is 10.9. The topological polar surface area (TPSA) is 52.3 Å². The summed E-state index contributed by atoms with van der Waals surface area (Å²) in [6.45, 7) is 3.11. The van der Waals surface area contributed by atoms with Crippen LogP contribution < -0.4 is 0 Å². The van der Waals surface area contributed by atoms with Gasteiger partial charge < -0.3 is 9.26 Å². The Morgan fingerprint density at radius 1 is 1.39 bits per heavy atom. The van der Waals surface area contributed by atoms with Crippen LogP contribution in [-0.4, -0.2) is 11.1 Å². The molecule has 0 amide bonds. The number of carbonyl (C=O) groups is 1. The number of aromatic nitrogens is 1. The zero-order valence-electron chi connectivity index (χ0n) is 10.0. The Balaban J connectivity index is 2.19. The van der Waals surface area contributed by atoms with Crippen molar-refractivity contribution < 1.29 is 14.1 Å². The van der Waals surface area contributed by atoms with Crippen molar-refractivity contribution in [2.45, 2.75) is 20.0 Å². The van der Waals surface area contributed by atoms with E-state index in [1.807, 2.05) is 24.3 Å². The lowest BCUT2D eigenvalue weighted by atomic mass is 10.1. The van der Waals surface area contributed by atoms with E-state index in [-0.39, 0.29) is 5.97 Å². The number of halogens is 1. The number of ether oxygens (including phenoxy) is 1. The van der Waals surface area contributed by atoms with Crippen molar-refractivity contribution >= 4 is 21.9 Å². The number of esters is 1. The number of benzene rings is 1. The van der Waals surface area contributed by atoms with E-state index in [9.17, 15) is 4.79 Å². The van der Waals surface area contributed by atoms with Crippen LogP contribution in [0.1, 0.15) is 25.7 Å². The molecule has 1 atom stereocenters. The van der Waals surface area contributed by atoms with Crippen LogP contribution in [0, 0.1) is 0 Å². The average molecular weight is 310 g/mol. The highest BCUT2D eigenvalue weighted by Crippen LogP contribution is 2.25. The molecule has 1 aromatic heterocycles. The molecule has 0 fully saturated rings. The normalized spacial score (nSPS) is 12.2. The number of hydrogen-bond acceptors (Lipinski definition) is 4. The quantitative estimate of drug-likeness (QED) is 0.811. The third-order valence-electron chi connectivity index (χ3n) is 2.41. The minimum absolute atomic E-state index is 0.343. The molecule has 0 aliphatic heterocycles. The predicted molar refractivity (Wildman–Crippen MR) is 69.8 cm³/mol. The Labute approximate surface area is 113 Å². The molecular weight excluding hydrogens is 298 g/mol. The fourth-order valence-corrected chi connectivity index (χ4v) is 1.81. The van der Waals surface area contributed by atoms with Gasteiger partial charge in [-0.25, -0.2) is 0 Å². The van der Waals surface area contributed by atoms with Crippen LogP contribution in [0.2, 0.25) is 0 Å². The van der Waals surface area contributed by atoms with Crippen molar-refractivity contribution in [2.75, 3.05) is 0 Å². The molecule has 5 heteroatoms. The smallest absolute Gasteiger partial charge is 0.303 e. The lowest BCUT2D eigenvalue weighted by molar-refractivity contribution is -0.146. The maximum Gasteiger partial charge on any atom is 0.303 e. The maximum atomic E-state index is 10.9. The zero-order chi connectivity index (χ0) is 13.1. The van der Waals surface area contributed by atoms with E-state index in [1.165, 1.54) is 6.92 Å². The van der Waals surface area contributed by atoms with E-state index in [0.29, 0.717) is 5.76 Å². The molecular formula is C13H12BrNO3. The second-order valence-electron chi connectivity index (χ2n) is 3.87. The van der Waals surface area contributed by atoms with Crippen molar-refractivity contribution in [3.63, 3.8) is 0 Å². The van der Waals surface area contributed by atoms with Gasteiger partial charge in [-0.05, 0) is 19.1 Å². The third-order valence-corrected chi connectivity index (χ3v) is 2.94. The van der Waals surface area contributed by atoms with E-state index >= 15 is 0 Å². The van der Waals surface area contributed by atoms with Crippen LogP contribution in [0.3, 0.4) is 0 Å². The Morgan fingerprint density at radius 2 is 2.06 bits per heavy atom. The van der Waals surface area contributed by atoms with E-state index < -0.39 is 6.10 Å². The number of hydrogen-bond donors (Lipinski definition) is 0. The average Bonchev–Trinajstić information content (AvgIpc) is 2.78. The second-order valence-corrected chi connectivity index (χ2v) is 4.79. The van der Waals surface area contributed by atoms with Crippen molar-refractivity contribution in [1.82, 2.24) is 5.16 Å². The minimum Gasteiger partial charge on any atom is -0.455 e. The van der Waals surface area contributed by atoms with E-state index in [1.54, 1.807) is 13.0 Å². The summed E-state index contributed by atoms with van der Waals surface area (Å²) < 4.78 is 11.2. The first-order valence-corrected chi connectivity index (χ1v) is 6.25. The molecule has 2 rings (SSSR count). The Bertz CT molecular complexity index is 548. The first-order chi connectivity index (χ1) is 8.56. The predicted octanol–water partition coefficient (Wildman–Crippen LogP) is 3.73. The molecule has 94 valence electrons. The highest BCUT2D eigenvalue weighted by Gasteiger charge is 2.15. The van der Waals surface area contributed by atoms with E-state index in [0.717, 1.165) is 15.7 Å². The van der Waals surface area contributed by atoms with Gasteiger partial charge >= 0.3 is 5.97 Å². The molecule has 1 aromatic carbocycles. The SMILES string of the molecule is CC(=O)O[C@H](C)c1cc(-c2ccc(Br)cc2)no1. The van der Waals surface area contributed by atoms with Crippen LogP contribution >= 0.6 is 15.9 Å². The molecule has 0 aliphatic carbocycles. The zero-order valence-corrected chi connectivity index (χ0v) is 11.6. The van der Waals surface area contributed by atoms with E-state index in [4.69, 9.17) is 9.26 Å². The summed E-state index contributed by atoms with van der Waals surface area (Å²) in [5, 5.41) is 3.96. The van der Waals surface area contributed by atoms with Crippen LogP contribution in [0.5, 0.6) is 0 Å². The summed E-state index contributed by atoms with van der Waals surface area (Å²) in [5.74, 6) is 0.187. The Hall–Kier alpha value is -1.62. The lowest BCUT2D eigenvalue weighted by Gasteiger charge is -2.06. The molecule has 1 heterocycles. The monoisotopic (exact) mass is 309 g/mol. The highest BCUT2D eigenvalue weighted by molar-refractivity contribution is 9.10. The molecule has 2 aromatic rings. The van der Waals surface area contributed by atoms with Gasteiger partial charge in [-0.2, -0.15) is 0 Å². The van der Waals surface area contributed by atoms with Crippen molar-refractivity contribution in [3.05, 3.63) is 40.6 Å². The molecule has 0 saturated heterocycles. The summed E-state index contributed by atoms with van der Waals surface area (Å²) in [7, 11) is 0. The fourth-order valence-electron chi connectivity index (χ4n) is 1.54. The molecule has 18 heavy (non-hydrogen) atoms. The van der Waals surface area contributed by atoms with Gasteiger partial charge in [0.25, 0.3) is 0 Å². The van der Waals surface area contributed by atoms with Crippen LogP contribution in [0.4, 0.5) is 0 Å². The summed E-state index contributed by atoms with van der Waals surface area (Å²) >= 11 is 3.37. The largest absolute Gasteiger partial charge is 0.455 e. The van der Waals surface area contributed by atoms with Crippen LogP contribution in [0.15, 0.2) is 39.3 Å². The van der Waals surface area contributed by atoms with Crippen LogP contribution in [-0.2, 0) is 9.53 Å². The van der Waals surface area contributed by atoms with Crippen LogP contribution in [0.25, 0.3) is 11.3 Å². The molecule has 0 aliphatic rings. The minimum atomic E-state index is -0.431. The van der Waals surface area contributed by atoms with Crippen molar-refractivity contribution in [3.8, 4) is 11.3 Å². The number of carbonyl (C=O) groups excluding carboxylic acids is 1. The summed E-state index contributed by atoms with van der Waals surface area (Å²) in [6, 6.07) is 9.50. The molecule has 0 saturated carbocycles. The molecule has 0 spiro atoms. The van der Waals surface area contributed by atoms with Crippen molar-refractivity contribution in [1.29, 1.82) is 0 Å². The van der Waals surface area contributed by atoms with E-state index in [2.05, 4.69) is 21.1 Å². The highest BCUT2D eigenvalue weighted by atomic mass is 79.9. The van der Waals surface area contributed by atoms with Gasteiger partial charge in [-0.3, -0.25) is 4.79 Å². The first kappa shape index (κ1) is 12.8. The van der Waals surface area contributed by atoms with Gasteiger partial charge in [0.1, 0.15) is 5.69 Å². The Kier molecular flexibility index (Phi) is 3.81. The summed E-state index contributed by atoms with van der Waals surface area (Å²) in [5.41, 5.74) is 1.67. The van der Waals surface area contributed by atoms with Gasteiger partial charge in [0.15, 0.2) is 11.9 Å². The van der Waals surface area contributed by atoms with Gasteiger partial charge in [0.2, 0.25) is 0 Å². The second kappa shape index (κ2) is 5.35. The van der Waals surface area contributed by atoms with Gasteiger partial charge in [0.05, 0.1) is 0 Å². The number of nitrogens with zero attached hydrogens (tertiary/aromatic N) is 1. The molecule has 0 N–H and O–H groups in total. The van der Waals surface area contributed by atoms with Gasteiger partial charge in [0, 0.05) is 23.0 Å². The molecule has 4 nitrogen and oxygen atoms in total. The van der Waals surface area contributed by atoms with Gasteiger partial charge in [-0.1, -0.05) is 33.2 Å². The standard InChI is InChI=1S/C13H12BrNO3/c1-8(17-9(2)16)13-7-12(15-18-13)10-3-5-11(14)6-4-10/h3-8H,1-2H3/t8-/m1/s1. The van der Waals surface area contributed by atoms with Gasteiger partial charge in [-0.15, -0.1) is 0 Å². The summed E-state index contributed by atoms with van der Waals surface area (Å²) in [4.78, 5) is 10.9. The fraction of sp³-hybridized carbons (Fsp3) is 0.231. The number of rotatable bonds is 3. The third kappa shape index (κ3) is 2.98. The Morgan fingerprint density at radius 3 is 2.67 bits per heavy atom. The molecule has 0 radical (unpaired) electrons. The molecule has 0 bridgehead atoms.